The van der Waals surface area contributed by atoms with Crippen LogP contribution in [0.5, 0.6) is 0 Å². The number of aryl methyl sites for hydroxylation is 1. The van der Waals surface area contributed by atoms with Crippen LogP contribution in [0, 0.1) is 6.92 Å². The van der Waals surface area contributed by atoms with E-state index in [1.165, 1.54) is 10.6 Å². The average Bonchev–Trinajstić information content (AvgIpc) is 2.82. The van der Waals surface area contributed by atoms with Crippen molar-refractivity contribution >= 4 is 17.7 Å². The highest BCUT2D eigenvalue weighted by Crippen LogP contribution is 2.05. The van der Waals surface area contributed by atoms with Crippen molar-refractivity contribution < 1.29 is 14.7 Å². The number of carbonyl (C=O) groups is 2. The number of nitrogens with zero attached hydrogens (tertiary/aromatic N) is 5. The van der Waals surface area contributed by atoms with Gasteiger partial charge in [0, 0.05) is 18.4 Å². The van der Waals surface area contributed by atoms with E-state index in [2.05, 4.69) is 21.6 Å². The van der Waals surface area contributed by atoms with Gasteiger partial charge in [-0.05, 0) is 13.0 Å². The Morgan fingerprint density at radius 2 is 2.30 bits per heavy atom. The summed E-state index contributed by atoms with van der Waals surface area (Å²) in [5.41, 5.74) is 0.773. The molecule has 0 spiro atoms. The van der Waals surface area contributed by atoms with Crippen molar-refractivity contribution in [2.24, 2.45) is 0 Å². The molecule has 0 atom stereocenters. The minimum atomic E-state index is -1.11. The number of hydrogen-bond donors (Lipinski definition) is 1. The highest BCUT2D eigenvalue weighted by atomic mass is 16.4. The van der Waals surface area contributed by atoms with E-state index in [0.717, 1.165) is 10.6 Å². The number of fused-ring (bicyclic) bond motifs is 1. The molecule has 20 heavy (non-hydrogen) atoms. The van der Waals surface area contributed by atoms with E-state index < -0.39 is 18.4 Å². The molecule has 2 heterocycles. The van der Waals surface area contributed by atoms with Crippen LogP contribution >= 0.6 is 0 Å². The van der Waals surface area contributed by atoms with Gasteiger partial charge in [0.2, 0.25) is 5.82 Å². The summed E-state index contributed by atoms with van der Waals surface area (Å²) in [6.45, 7) is 4.96. The van der Waals surface area contributed by atoms with Crippen molar-refractivity contribution in [2.75, 3.05) is 13.1 Å². The van der Waals surface area contributed by atoms with Crippen LogP contribution in [0.25, 0.3) is 5.78 Å². The summed E-state index contributed by atoms with van der Waals surface area (Å²) in [6.07, 6.45) is 3.01. The first-order valence-electron chi connectivity index (χ1n) is 5.83. The molecule has 1 amide bonds. The van der Waals surface area contributed by atoms with E-state index in [4.69, 9.17) is 5.11 Å². The minimum absolute atomic E-state index is 0.0881. The molecular formula is C12H13N5O3. The predicted octanol–water partition coefficient (Wildman–Crippen LogP) is 0.146. The van der Waals surface area contributed by atoms with Gasteiger partial charge in [0.15, 0.2) is 0 Å². The fourth-order valence-electron chi connectivity index (χ4n) is 1.68. The number of aromatic nitrogens is 4. The van der Waals surface area contributed by atoms with Crippen molar-refractivity contribution in [1.82, 2.24) is 24.5 Å². The zero-order valence-corrected chi connectivity index (χ0v) is 10.9. The van der Waals surface area contributed by atoms with Crippen LogP contribution in [0.3, 0.4) is 0 Å². The largest absolute Gasteiger partial charge is 0.480 e. The fourth-order valence-corrected chi connectivity index (χ4v) is 1.68. The SMILES string of the molecule is C=CCN(CC(=O)O)C(=O)c1nc2nccc(C)n2n1. The third kappa shape index (κ3) is 2.63. The van der Waals surface area contributed by atoms with Gasteiger partial charge in [0.1, 0.15) is 6.54 Å². The summed E-state index contributed by atoms with van der Waals surface area (Å²) in [5, 5.41) is 12.9. The summed E-state index contributed by atoms with van der Waals surface area (Å²) in [6, 6.07) is 1.73. The summed E-state index contributed by atoms with van der Waals surface area (Å²) in [5.74, 6) is -1.48. The molecule has 104 valence electrons. The van der Waals surface area contributed by atoms with E-state index in [9.17, 15) is 9.59 Å². The first-order chi connectivity index (χ1) is 9.52. The molecule has 1 N–H and O–H groups in total. The van der Waals surface area contributed by atoms with Crippen LogP contribution in [-0.2, 0) is 4.79 Å². The monoisotopic (exact) mass is 275 g/mol. The second-order valence-electron chi connectivity index (χ2n) is 4.10. The number of carboxylic acids is 1. The topological polar surface area (TPSA) is 101 Å². The number of amides is 1. The molecular weight excluding hydrogens is 262 g/mol. The van der Waals surface area contributed by atoms with Crippen molar-refractivity contribution in [3.05, 3.63) is 36.4 Å². The van der Waals surface area contributed by atoms with Crippen molar-refractivity contribution in [2.45, 2.75) is 6.92 Å². The Bertz CT molecular complexity index is 679. The Hall–Kier alpha value is -2.77. The van der Waals surface area contributed by atoms with Gasteiger partial charge >= 0.3 is 5.97 Å². The molecule has 0 aliphatic rings. The van der Waals surface area contributed by atoms with Gasteiger partial charge in [0.25, 0.3) is 11.7 Å². The molecule has 2 rings (SSSR count). The number of rotatable bonds is 5. The summed E-state index contributed by atoms with van der Waals surface area (Å²) in [4.78, 5) is 32.1. The third-order valence-corrected chi connectivity index (χ3v) is 2.58. The molecule has 0 aliphatic carbocycles. The second-order valence-corrected chi connectivity index (χ2v) is 4.10. The molecule has 0 radical (unpaired) electrons. The molecule has 0 fully saturated rings. The van der Waals surface area contributed by atoms with Crippen molar-refractivity contribution in [1.29, 1.82) is 0 Å². The Kier molecular flexibility index (Phi) is 3.74. The zero-order chi connectivity index (χ0) is 14.7. The van der Waals surface area contributed by atoms with Gasteiger partial charge in [0.05, 0.1) is 0 Å². The first-order valence-corrected chi connectivity index (χ1v) is 5.83. The Morgan fingerprint density at radius 3 is 2.90 bits per heavy atom. The Labute approximate surface area is 114 Å². The lowest BCUT2D eigenvalue weighted by Gasteiger charge is -2.16. The normalized spacial score (nSPS) is 10.4. The molecule has 0 saturated heterocycles. The number of carbonyl (C=O) groups excluding carboxylic acids is 1. The maximum absolute atomic E-state index is 12.2. The van der Waals surface area contributed by atoms with Crippen LogP contribution in [0.2, 0.25) is 0 Å². The third-order valence-electron chi connectivity index (χ3n) is 2.58. The van der Waals surface area contributed by atoms with Gasteiger partial charge < -0.3 is 10.0 Å². The lowest BCUT2D eigenvalue weighted by molar-refractivity contribution is -0.137. The predicted molar refractivity (Wildman–Crippen MR) is 69.3 cm³/mol. The van der Waals surface area contributed by atoms with Crippen molar-refractivity contribution in [3.8, 4) is 0 Å². The molecule has 0 saturated carbocycles. The van der Waals surface area contributed by atoms with E-state index in [1.807, 2.05) is 0 Å². The zero-order valence-electron chi connectivity index (χ0n) is 10.9. The molecule has 8 nitrogen and oxygen atoms in total. The van der Waals surface area contributed by atoms with E-state index in [0.29, 0.717) is 5.78 Å². The van der Waals surface area contributed by atoms with Gasteiger partial charge in [-0.2, -0.15) is 4.98 Å². The highest BCUT2D eigenvalue weighted by Gasteiger charge is 2.22. The molecule has 0 unspecified atom stereocenters. The molecule has 2 aromatic rings. The van der Waals surface area contributed by atoms with Gasteiger partial charge in [-0.1, -0.05) is 6.08 Å². The van der Waals surface area contributed by atoms with Crippen LogP contribution in [0.1, 0.15) is 16.3 Å². The van der Waals surface area contributed by atoms with E-state index in [1.54, 1.807) is 19.2 Å². The summed E-state index contributed by atoms with van der Waals surface area (Å²) >= 11 is 0. The van der Waals surface area contributed by atoms with Crippen LogP contribution < -0.4 is 0 Å². The molecule has 0 aromatic carbocycles. The minimum Gasteiger partial charge on any atom is -0.480 e. The maximum atomic E-state index is 12.2. The summed E-state index contributed by atoms with van der Waals surface area (Å²) < 4.78 is 1.43. The Morgan fingerprint density at radius 1 is 1.55 bits per heavy atom. The van der Waals surface area contributed by atoms with Gasteiger partial charge in [-0.15, -0.1) is 11.7 Å². The Balaban J connectivity index is 2.35. The fraction of sp³-hybridized carbons (Fsp3) is 0.250. The maximum Gasteiger partial charge on any atom is 0.323 e. The molecule has 0 bridgehead atoms. The quantitative estimate of drug-likeness (QED) is 0.779. The molecule has 2 aromatic heterocycles. The second kappa shape index (κ2) is 5.47. The van der Waals surface area contributed by atoms with Crippen molar-refractivity contribution in [3.63, 3.8) is 0 Å². The smallest absolute Gasteiger partial charge is 0.323 e. The molecule has 8 heteroatoms. The van der Waals surface area contributed by atoms with E-state index >= 15 is 0 Å². The number of hydrogen-bond acceptors (Lipinski definition) is 5. The van der Waals surface area contributed by atoms with E-state index in [-0.39, 0.29) is 12.4 Å². The number of aliphatic carboxylic acids is 1. The standard InChI is InChI=1S/C12H13N5O3/c1-3-6-16(7-9(18)19)11(20)10-14-12-13-5-4-8(2)17(12)15-10/h3-5H,1,6-7H2,2H3,(H,18,19). The molecule has 0 aliphatic heterocycles. The first kappa shape index (κ1) is 13.7. The van der Waals surface area contributed by atoms with Gasteiger partial charge in [-0.25, -0.2) is 9.50 Å². The summed E-state index contributed by atoms with van der Waals surface area (Å²) in [7, 11) is 0. The van der Waals surface area contributed by atoms with Crippen LogP contribution in [0.4, 0.5) is 0 Å². The average molecular weight is 275 g/mol. The highest BCUT2D eigenvalue weighted by molar-refractivity contribution is 5.93. The van der Waals surface area contributed by atoms with Crippen LogP contribution in [0.15, 0.2) is 24.9 Å². The lowest BCUT2D eigenvalue weighted by Crippen LogP contribution is -2.36. The van der Waals surface area contributed by atoms with Crippen LogP contribution in [-0.4, -0.2) is 54.6 Å². The lowest BCUT2D eigenvalue weighted by atomic mass is 10.4. The van der Waals surface area contributed by atoms with Gasteiger partial charge in [-0.3, -0.25) is 9.59 Å². The number of carboxylic acid groups (broad SMARTS) is 1.